The lowest BCUT2D eigenvalue weighted by atomic mass is 10.1. The minimum atomic E-state index is -5.23. The number of unbranched alkanes of at least 4 members (excludes halogenated alkanes) is 4. The smallest absolute Gasteiger partial charge is 0.385 e. The van der Waals surface area contributed by atoms with Crippen molar-refractivity contribution in [1.29, 1.82) is 0 Å². The van der Waals surface area contributed by atoms with Gasteiger partial charge < -0.3 is 14.5 Å². The molecule has 2 aromatic rings. The quantitative estimate of drug-likeness (QED) is 0.128. The fourth-order valence-corrected chi connectivity index (χ4v) is 5.41. The molecule has 2 heterocycles. The Morgan fingerprint density at radius 1 is 1.03 bits per heavy atom. The van der Waals surface area contributed by atoms with Gasteiger partial charge in [0, 0.05) is 39.0 Å². The largest absolute Gasteiger partial charge is 0.491 e. The fraction of sp³-hybridized carbons (Fsp3) is 0.625. The third-order valence-corrected chi connectivity index (χ3v) is 7.54. The number of anilines is 2. The number of ether oxygens (including phenoxy) is 1. The van der Waals surface area contributed by atoms with E-state index >= 15 is 0 Å². The van der Waals surface area contributed by atoms with Gasteiger partial charge in [0.05, 0.1) is 23.8 Å². The van der Waals surface area contributed by atoms with Gasteiger partial charge in [-0.2, -0.15) is 13.2 Å². The van der Waals surface area contributed by atoms with Crippen molar-refractivity contribution in [2.24, 2.45) is 0 Å². The van der Waals surface area contributed by atoms with Crippen LogP contribution in [0.25, 0.3) is 0 Å². The molecule has 0 unspecified atom stereocenters. The second-order valence-electron chi connectivity index (χ2n) is 9.18. The van der Waals surface area contributed by atoms with Crippen LogP contribution in [0.15, 0.2) is 22.1 Å². The second-order valence-corrected chi connectivity index (χ2v) is 11.9. The molecule has 0 aliphatic rings. The topological polar surface area (TPSA) is 88.5 Å². The molecule has 13 heteroatoms. The van der Waals surface area contributed by atoms with Gasteiger partial charge in [-0.1, -0.05) is 44.4 Å². The maximum Gasteiger partial charge on any atom is 0.491 e. The number of carbonyl (C=O) groups is 2. The number of thiazole rings is 1. The second kappa shape index (κ2) is 13.9. The number of alkyl halides is 3. The zero-order valence-electron chi connectivity index (χ0n) is 21.8. The average Bonchev–Trinajstić information content (AvgIpc) is 3.26. The Balaban J connectivity index is 2.01. The van der Waals surface area contributed by atoms with E-state index < -0.39 is 22.9 Å². The first-order chi connectivity index (χ1) is 17.3. The summed E-state index contributed by atoms with van der Waals surface area (Å²) in [6.07, 6.45) is 4.65. The van der Waals surface area contributed by atoms with Crippen LogP contribution in [-0.2, 0) is 20.7 Å². The van der Waals surface area contributed by atoms with Crippen LogP contribution in [0.3, 0.4) is 0 Å². The van der Waals surface area contributed by atoms with E-state index in [4.69, 9.17) is 0 Å². The predicted molar refractivity (Wildman–Crippen MR) is 140 cm³/mol. The van der Waals surface area contributed by atoms with Gasteiger partial charge >= 0.3 is 18.1 Å². The fourth-order valence-electron chi connectivity index (χ4n) is 3.15. The van der Waals surface area contributed by atoms with Crippen molar-refractivity contribution >= 4 is 46.7 Å². The number of hydrogen-bond donors (Lipinski definition) is 0. The molecule has 0 amide bonds. The molecule has 0 N–H and O–H groups in total. The van der Waals surface area contributed by atoms with Gasteiger partial charge in [-0.25, -0.2) is 19.7 Å². The molecule has 0 aliphatic heterocycles. The first kappa shape index (κ1) is 30.8. The Bertz CT molecular complexity index is 1010. The van der Waals surface area contributed by atoms with Crippen LogP contribution in [0, 0.1) is 0 Å². The molecular formula is C24H34F3N5O3S2. The number of carbonyl (C=O) groups excluding carboxylic acids is 2. The van der Waals surface area contributed by atoms with E-state index in [-0.39, 0.29) is 0 Å². The molecule has 0 aromatic carbocycles. The molecule has 2 rings (SSSR count). The predicted octanol–water partition coefficient (Wildman–Crippen LogP) is 5.52. The van der Waals surface area contributed by atoms with E-state index in [1.165, 1.54) is 44.4 Å². The lowest BCUT2D eigenvalue weighted by molar-refractivity contribution is -0.202. The summed E-state index contributed by atoms with van der Waals surface area (Å²) in [7, 11) is 3.85. The van der Waals surface area contributed by atoms with Crippen molar-refractivity contribution in [1.82, 2.24) is 15.0 Å². The van der Waals surface area contributed by atoms with Crippen LogP contribution in [0.4, 0.5) is 24.8 Å². The monoisotopic (exact) mass is 561 g/mol. The van der Waals surface area contributed by atoms with Crippen molar-refractivity contribution in [3.05, 3.63) is 23.5 Å². The van der Waals surface area contributed by atoms with Crippen LogP contribution in [-0.4, -0.2) is 65.0 Å². The van der Waals surface area contributed by atoms with E-state index in [9.17, 15) is 22.8 Å². The number of nitrogens with zero attached hydrogens (tertiary/aromatic N) is 5. The van der Waals surface area contributed by atoms with Crippen molar-refractivity contribution in [2.75, 3.05) is 37.0 Å². The van der Waals surface area contributed by atoms with Gasteiger partial charge in [0.15, 0.2) is 4.34 Å². The summed E-state index contributed by atoms with van der Waals surface area (Å²) in [6, 6.07) is 0. The lowest BCUT2D eigenvalue weighted by Crippen LogP contribution is -2.36. The van der Waals surface area contributed by atoms with Crippen molar-refractivity contribution in [3.63, 3.8) is 0 Å². The van der Waals surface area contributed by atoms with Gasteiger partial charge in [0.2, 0.25) is 5.95 Å². The van der Waals surface area contributed by atoms with Gasteiger partial charge in [0.1, 0.15) is 4.75 Å². The van der Waals surface area contributed by atoms with Crippen molar-refractivity contribution in [2.45, 2.75) is 74.6 Å². The normalized spacial score (nSPS) is 11.9. The summed E-state index contributed by atoms with van der Waals surface area (Å²) >= 11 is 2.23. The first-order valence-corrected chi connectivity index (χ1v) is 13.7. The molecule has 0 fully saturated rings. The Hall–Kier alpha value is -2.41. The summed E-state index contributed by atoms with van der Waals surface area (Å²) in [5.74, 6) is -3.16. The molecule has 0 spiro atoms. The van der Waals surface area contributed by atoms with Crippen LogP contribution < -0.4 is 9.80 Å². The highest BCUT2D eigenvalue weighted by Crippen LogP contribution is 2.36. The molecule has 2 aromatic heterocycles. The maximum absolute atomic E-state index is 12.4. The van der Waals surface area contributed by atoms with Gasteiger partial charge in [-0.15, -0.1) is 11.3 Å². The molecule has 37 heavy (non-hydrogen) atoms. The Morgan fingerprint density at radius 2 is 1.68 bits per heavy atom. The summed E-state index contributed by atoms with van der Waals surface area (Å²) in [6.45, 7) is 6.40. The maximum atomic E-state index is 12.4. The molecule has 0 radical (unpaired) electrons. The molecular weight excluding hydrogens is 527 g/mol. The van der Waals surface area contributed by atoms with Crippen LogP contribution >= 0.6 is 23.1 Å². The van der Waals surface area contributed by atoms with Gasteiger partial charge in [-0.05, 0) is 20.3 Å². The molecule has 0 aliphatic carbocycles. The minimum Gasteiger partial charge on any atom is -0.385 e. The Labute approximate surface area is 224 Å². The highest BCUT2D eigenvalue weighted by molar-refractivity contribution is 8.03. The summed E-state index contributed by atoms with van der Waals surface area (Å²) in [4.78, 5) is 40.8. The zero-order chi connectivity index (χ0) is 27.6. The summed E-state index contributed by atoms with van der Waals surface area (Å²) in [5.41, 5.74) is 1.69. The highest BCUT2D eigenvalue weighted by atomic mass is 32.2. The minimum absolute atomic E-state index is 0.495. The first-order valence-electron chi connectivity index (χ1n) is 12.0. The van der Waals surface area contributed by atoms with Crippen LogP contribution in [0.2, 0.25) is 0 Å². The summed E-state index contributed by atoms with van der Waals surface area (Å²) in [5, 5.41) is 1.85. The molecule has 206 valence electrons. The standard InChI is InChI=1S/C24H34F3N5O3S2/c1-6-7-8-9-10-12-32(21-28-14-18(15-29-21)31(4)5)13-11-17-16-36-22(30-17)37-23(2,3)19(33)35-20(34)24(25,26)27/h14-16H,6-13H2,1-5H3. The molecule has 0 atom stereocenters. The third kappa shape index (κ3) is 10.1. The Kier molecular flexibility index (Phi) is 11.6. The summed E-state index contributed by atoms with van der Waals surface area (Å²) < 4.78 is 40.4. The number of thioether (sulfide) groups is 1. The number of hydrogen-bond acceptors (Lipinski definition) is 10. The van der Waals surface area contributed by atoms with Gasteiger partial charge in [0.25, 0.3) is 0 Å². The third-order valence-electron chi connectivity index (χ3n) is 5.37. The van der Waals surface area contributed by atoms with Gasteiger partial charge in [-0.3, -0.25) is 4.79 Å². The molecule has 0 saturated carbocycles. The number of halogens is 3. The molecule has 8 nitrogen and oxygen atoms in total. The average molecular weight is 562 g/mol. The van der Waals surface area contributed by atoms with E-state index in [0.717, 1.165) is 42.5 Å². The van der Waals surface area contributed by atoms with Crippen molar-refractivity contribution < 1.29 is 27.5 Å². The van der Waals surface area contributed by atoms with E-state index in [1.807, 2.05) is 24.4 Å². The zero-order valence-corrected chi connectivity index (χ0v) is 23.4. The van der Waals surface area contributed by atoms with E-state index in [1.54, 1.807) is 12.4 Å². The lowest BCUT2D eigenvalue weighted by Gasteiger charge is -2.23. The number of rotatable bonds is 14. The highest BCUT2D eigenvalue weighted by Gasteiger charge is 2.45. The number of esters is 2. The number of aromatic nitrogens is 3. The SMILES string of the molecule is CCCCCCCN(CCc1csc(SC(C)(C)C(=O)OC(=O)C(F)(F)F)n1)c1ncc(N(C)C)cn1. The Morgan fingerprint density at radius 3 is 2.27 bits per heavy atom. The van der Waals surface area contributed by atoms with Crippen LogP contribution in [0.1, 0.15) is 58.6 Å². The molecule has 0 bridgehead atoms. The van der Waals surface area contributed by atoms with E-state index in [0.29, 0.717) is 23.3 Å². The van der Waals surface area contributed by atoms with Crippen molar-refractivity contribution in [3.8, 4) is 0 Å². The van der Waals surface area contributed by atoms with Crippen LogP contribution in [0.5, 0.6) is 0 Å². The molecule has 0 saturated heterocycles. The van der Waals surface area contributed by atoms with E-state index in [2.05, 4.69) is 31.5 Å².